The monoisotopic (exact) mass is 291 g/mol. The standard InChI is InChI=1S/C15H14ClNO3/c16-9-3-1-2-4-10(9)17-14(18)12-7-5-8-11(6-7)20-15(19)13(8)12/h1-4,7-8,11-13H,5-6H2,(H,17,18). The number of benzene rings is 1. The van der Waals surface area contributed by atoms with Crippen LogP contribution in [0.4, 0.5) is 5.69 Å². The first-order valence-corrected chi connectivity index (χ1v) is 7.29. The van der Waals surface area contributed by atoms with Gasteiger partial charge in [-0.05, 0) is 30.9 Å². The Bertz CT molecular complexity index is 601. The smallest absolute Gasteiger partial charge is 0.310 e. The van der Waals surface area contributed by atoms with Gasteiger partial charge in [0, 0.05) is 5.92 Å². The summed E-state index contributed by atoms with van der Waals surface area (Å²) in [5, 5.41) is 3.37. The summed E-state index contributed by atoms with van der Waals surface area (Å²) >= 11 is 6.05. The first-order chi connectivity index (χ1) is 9.65. The lowest BCUT2D eigenvalue weighted by Gasteiger charge is -2.23. The zero-order chi connectivity index (χ0) is 13.9. The predicted octanol–water partition coefficient (Wildman–Crippen LogP) is 2.48. The largest absolute Gasteiger partial charge is 0.462 e. The number of anilines is 1. The number of ether oxygens (including phenoxy) is 1. The minimum absolute atomic E-state index is 0.0573. The van der Waals surface area contributed by atoms with Gasteiger partial charge in [0.1, 0.15) is 6.10 Å². The maximum atomic E-state index is 12.5. The van der Waals surface area contributed by atoms with E-state index in [1.54, 1.807) is 12.1 Å². The number of fused-ring (bicyclic) bond motifs is 1. The Morgan fingerprint density at radius 1 is 1.30 bits per heavy atom. The molecule has 1 aliphatic heterocycles. The van der Waals surface area contributed by atoms with E-state index in [1.807, 2.05) is 12.1 Å². The van der Waals surface area contributed by atoms with E-state index in [2.05, 4.69) is 5.32 Å². The van der Waals surface area contributed by atoms with Crippen molar-refractivity contribution in [3.05, 3.63) is 29.3 Å². The molecule has 1 amide bonds. The minimum atomic E-state index is -0.262. The van der Waals surface area contributed by atoms with Crippen LogP contribution in [-0.2, 0) is 14.3 Å². The summed E-state index contributed by atoms with van der Waals surface area (Å²) in [7, 11) is 0. The Labute approximate surface area is 121 Å². The number of halogens is 1. The Balaban J connectivity index is 1.58. The molecule has 5 heteroatoms. The molecular weight excluding hydrogens is 278 g/mol. The third kappa shape index (κ3) is 1.61. The Morgan fingerprint density at radius 3 is 2.90 bits per heavy atom. The number of hydrogen-bond donors (Lipinski definition) is 1. The van der Waals surface area contributed by atoms with Crippen molar-refractivity contribution in [1.82, 2.24) is 0 Å². The van der Waals surface area contributed by atoms with Gasteiger partial charge in [0.15, 0.2) is 0 Å². The van der Waals surface area contributed by atoms with Crippen LogP contribution in [0.3, 0.4) is 0 Å². The van der Waals surface area contributed by atoms with Gasteiger partial charge in [-0.15, -0.1) is 0 Å². The molecule has 4 rings (SSSR count). The summed E-state index contributed by atoms with van der Waals surface area (Å²) in [5.41, 5.74) is 0.602. The van der Waals surface area contributed by atoms with Crippen LogP contribution in [0.5, 0.6) is 0 Å². The summed E-state index contributed by atoms with van der Waals surface area (Å²) in [4.78, 5) is 24.4. The second-order valence-corrected chi connectivity index (χ2v) is 6.30. The molecule has 4 nitrogen and oxygen atoms in total. The maximum absolute atomic E-state index is 12.5. The van der Waals surface area contributed by atoms with Gasteiger partial charge in [-0.2, -0.15) is 0 Å². The van der Waals surface area contributed by atoms with Gasteiger partial charge in [0.2, 0.25) is 5.91 Å². The number of esters is 1. The quantitative estimate of drug-likeness (QED) is 0.852. The zero-order valence-electron chi connectivity index (χ0n) is 10.7. The van der Waals surface area contributed by atoms with E-state index in [0.29, 0.717) is 10.7 Å². The summed E-state index contributed by atoms with van der Waals surface area (Å²) in [6.07, 6.45) is 1.82. The van der Waals surface area contributed by atoms with Crippen LogP contribution in [-0.4, -0.2) is 18.0 Å². The average Bonchev–Trinajstić information content (AvgIpc) is 3.02. The molecule has 2 bridgehead atoms. The number of rotatable bonds is 2. The number of nitrogens with one attached hydrogen (secondary N) is 1. The molecule has 20 heavy (non-hydrogen) atoms. The number of carbonyl (C=O) groups excluding carboxylic acids is 2. The molecule has 1 aromatic carbocycles. The fourth-order valence-corrected chi connectivity index (χ4v) is 4.32. The van der Waals surface area contributed by atoms with E-state index in [0.717, 1.165) is 12.8 Å². The van der Waals surface area contributed by atoms with E-state index < -0.39 is 0 Å². The molecule has 0 spiro atoms. The highest BCUT2D eigenvalue weighted by molar-refractivity contribution is 6.33. The van der Waals surface area contributed by atoms with Crippen molar-refractivity contribution in [2.75, 3.05) is 5.32 Å². The Morgan fingerprint density at radius 2 is 2.10 bits per heavy atom. The molecule has 3 aliphatic rings. The first-order valence-electron chi connectivity index (χ1n) is 6.91. The van der Waals surface area contributed by atoms with Crippen LogP contribution in [0.15, 0.2) is 24.3 Å². The SMILES string of the molecule is O=C(Nc1ccccc1Cl)C1C2CC3OC(=O)C1C3C2. The van der Waals surface area contributed by atoms with Gasteiger partial charge < -0.3 is 10.1 Å². The fraction of sp³-hybridized carbons (Fsp3) is 0.467. The van der Waals surface area contributed by atoms with Crippen molar-refractivity contribution in [1.29, 1.82) is 0 Å². The highest BCUT2D eigenvalue weighted by Crippen LogP contribution is 2.57. The second-order valence-electron chi connectivity index (χ2n) is 5.89. The normalized spacial score (nSPS) is 37.0. The van der Waals surface area contributed by atoms with Gasteiger partial charge in [0.05, 0.1) is 22.5 Å². The Hall–Kier alpha value is -1.55. The number of para-hydroxylation sites is 1. The van der Waals surface area contributed by atoms with Crippen molar-refractivity contribution in [2.45, 2.75) is 18.9 Å². The molecule has 104 valence electrons. The summed E-state index contributed by atoms with van der Waals surface area (Å²) in [6.45, 7) is 0. The molecule has 1 heterocycles. The number of amides is 1. The second kappa shape index (κ2) is 4.22. The van der Waals surface area contributed by atoms with E-state index in [-0.39, 0.29) is 41.7 Å². The van der Waals surface area contributed by atoms with Gasteiger partial charge in [-0.3, -0.25) is 9.59 Å². The molecule has 0 aromatic heterocycles. The van der Waals surface area contributed by atoms with Gasteiger partial charge in [-0.1, -0.05) is 23.7 Å². The van der Waals surface area contributed by atoms with Crippen LogP contribution in [0, 0.1) is 23.7 Å². The minimum Gasteiger partial charge on any atom is -0.462 e. The molecule has 5 unspecified atom stereocenters. The molecular formula is C15H14ClNO3. The topological polar surface area (TPSA) is 55.4 Å². The third-order valence-electron chi connectivity index (χ3n) is 4.92. The molecule has 3 fully saturated rings. The predicted molar refractivity (Wildman–Crippen MR) is 73.2 cm³/mol. The summed E-state index contributed by atoms with van der Waals surface area (Å²) in [6, 6.07) is 7.14. The van der Waals surface area contributed by atoms with Crippen LogP contribution in [0.1, 0.15) is 12.8 Å². The van der Waals surface area contributed by atoms with Gasteiger partial charge >= 0.3 is 5.97 Å². The molecule has 1 aromatic rings. The lowest BCUT2D eigenvalue weighted by molar-refractivity contribution is -0.145. The fourth-order valence-electron chi connectivity index (χ4n) is 4.14. The molecule has 2 aliphatic carbocycles. The molecule has 1 N–H and O–H groups in total. The van der Waals surface area contributed by atoms with Gasteiger partial charge in [0.25, 0.3) is 0 Å². The van der Waals surface area contributed by atoms with E-state index in [1.165, 1.54) is 0 Å². The van der Waals surface area contributed by atoms with Crippen molar-refractivity contribution in [3.63, 3.8) is 0 Å². The summed E-state index contributed by atoms with van der Waals surface area (Å²) < 4.78 is 5.35. The van der Waals surface area contributed by atoms with Crippen LogP contribution >= 0.6 is 11.6 Å². The lowest BCUT2D eigenvalue weighted by atomic mass is 9.79. The lowest BCUT2D eigenvalue weighted by Crippen LogP contribution is -2.35. The van der Waals surface area contributed by atoms with Crippen molar-refractivity contribution < 1.29 is 14.3 Å². The van der Waals surface area contributed by atoms with E-state index in [4.69, 9.17) is 16.3 Å². The number of carbonyl (C=O) groups is 2. The van der Waals surface area contributed by atoms with E-state index in [9.17, 15) is 9.59 Å². The Kier molecular flexibility index (Phi) is 2.58. The molecule has 2 saturated carbocycles. The van der Waals surface area contributed by atoms with Crippen molar-refractivity contribution >= 4 is 29.2 Å². The molecule has 1 saturated heterocycles. The molecule has 5 atom stereocenters. The highest BCUT2D eigenvalue weighted by Gasteiger charge is 2.63. The summed E-state index contributed by atoms with van der Waals surface area (Å²) in [5.74, 6) is -0.297. The zero-order valence-corrected chi connectivity index (χ0v) is 11.5. The molecule has 0 radical (unpaired) electrons. The average molecular weight is 292 g/mol. The van der Waals surface area contributed by atoms with Crippen LogP contribution < -0.4 is 5.32 Å². The van der Waals surface area contributed by atoms with E-state index >= 15 is 0 Å². The number of hydrogen-bond acceptors (Lipinski definition) is 3. The highest BCUT2D eigenvalue weighted by atomic mass is 35.5. The first kappa shape index (κ1) is 12.2. The third-order valence-corrected chi connectivity index (χ3v) is 5.25. The van der Waals surface area contributed by atoms with Crippen molar-refractivity contribution in [2.24, 2.45) is 23.7 Å². The van der Waals surface area contributed by atoms with Crippen LogP contribution in [0.25, 0.3) is 0 Å². The maximum Gasteiger partial charge on any atom is 0.310 e. The van der Waals surface area contributed by atoms with Gasteiger partial charge in [-0.25, -0.2) is 0 Å². The van der Waals surface area contributed by atoms with Crippen molar-refractivity contribution in [3.8, 4) is 0 Å². The van der Waals surface area contributed by atoms with Crippen LogP contribution in [0.2, 0.25) is 5.02 Å².